The zero-order chi connectivity index (χ0) is 17.1. The van der Waals surface area contributed by atoms with Crippen LogP contribution in [0, 0.1) is 0 Å². The van der Waals surface area contributed by atoms with Gasteiger partial charge in [-0.05, 0) is 66.5 Å². The van der Waals surface area contributed by atoms with Crippen LogP contribution in [-0.4, -0.2) is 17.2 Å². The number of hydrogen-bond donors (Lipinski definition) is 0. The third-order valence-electron chi connectivity index (χ3n) is 4.19. The summed E-state index contributed by atoms with van der Waals surface area (Å²) < 4.78 is 1.11. The van der Waals surface area contributed by atoms with Crippen molar-refractivity contribution in [3.63, 3.8) is 0 Å². The lowest BCUT2D eigenvalue weighted by molar-refractivity contribution is 0.818. The van der Waals surface area contributed by atoms with Crippen molar-refractivity contribution in [2.75, 3.05) is 6.54 Å². The molecule has 1 aliphatic rings. The minimum Gasteiger partial charge on any atom is -0.284 e. The maximum absolute atomic E-state index is 4.76. The highest BCUT2D eigenvalue weighted by Crippen LogP contribution is 2.31. The molecule has 1 aliphatic heterocycles. The van der Waals surface area contributed by atoms with Gasteiger partial charge in [-0.3, -0.25) is 9.98 Å². The molecule has 0 saturated carbocycles. The maximum atomic E-state index is 4.76. The van der Waals surface area contributed by atoms with E-state index in [1.807, 2.05) is 23.6 Å². The molecule has 4 heteroatoms. The highest BCUT2D eigenvalue weighted by atomic mass is 79.9. The second kappa shape index (κ2) is 7.46. The van der Waals surface area contributed by atoms with E-state index in [-0.39, 0.29) is 0 Å². The first kappa shape index (κ1) is 16.4. The number of rotatable bonds is 3. The lowest BCUT2D eigenvalue weighted by Crippen LogP contribution is -2.11. The van der Waals surface area contributed by atoms with Gasteiger partial charge in [-0.2, -0.15) is 0 Å². The number of benzene rings is 1. The molecule has 2 aromatic heterocycles. The Labute approximate surface area is 160 Å². The number of aliphatic imine (C=N–C) groups is 1. The minimum absolute atomic E-state index is 0.899. The third kappa shape index (κ3) is 3.80. The summed E-state index contributed by atoms with van der Waals surface area (Å²) in [6.07, 6.45) is 8.18. The Bertz CT molecular complexity index is 924. The fourth-order valence-corrected chi connectivity index (χ4v) is 4.22. The molecule has 0 spiro atoms. The van der Waals surface area contributed by atoms with Crippen LogP contribution in [0.2, 0.25) is 0 Å². The van der Waals surface area contributed by atoms with E-state index in [9.17, 15) is 0 Å². The summed E-state index contributed by atoms with van der Waals surface area (Å²) in [6.45, 7) is 0.899. The Hall–Kier alpha value is -2.04. The van der Waals surface area contributed by atoms with Gasteiger partial charge in [-0.15, -0.1) is 11.3 Å². The lowest BCUT2D eigenvalue weighted by Gasteiger charge is -2.15. The van der Waals surface area contributed by atoms with E-state index >= 15 is 0 Å². The van der Waals surface area contributed by atoms with Crippen molar-refractivity contribution >= 4 is 39.1 Å². The number of aromatic nitrogens is 1. The van der Waals surface area contributed by atoms with Crippen molar-refractivity contribution in [3.8, 4) is 10.4 Å². The quantitative estimate of drug-likeness (QED) is 0.503. The molecule has 0 bridgehead atoms. The van der Waals surface area contributed by atoms with E-state index in [0.29, 0.717) is 0 Å². The fourth-order valence-electron chi connectivity index (χ4n) is 2.97. The molecule has 25 heavy (non-hydrogen) atoms. The van der Waals surface area contributed by atoms with Gasteiger partial charge in [0.05, 0.1) is 5.71 Å². The molecular weight excluding hydrogens is 392 g/mol. The first-order valence-corrected chi connectivity index (χ1v) is 9.92. The average Bonchev–Trinajstić information content (AvgIpc) is 3.12. The van der Waals surface area contributed by atoms with E-state index in [2.05, 4.69) is 69.5 Å². The maximum Gasteiger partial charge on any atom is 0.0694 e. The molecule has 1 aromatic carbocycles. The van der Waals surface area contributed by atoms with Gasteiger partial charge in [-0.25, -0.2) is 0 Å². The summed E-state index contributed by atoms with van der Waals surface area (Å²) >= 11 is 5.31. The SMILES string of the molecule is Brc1ccc(-c2ccc(/C=C3\CCCN=C3c3cccnc3)s2)cc1. The van der Waals surface area contributed by atoms with Crippen LogP contribution < -0.4 is 0 Å². The van der Waals surface area contributed by atoms with Crippen LogP contribution in [0.1, 0.15) is 23.3 Å². The van der Waals surface area contributed by atoms with Gasteiger partial charge in [-0.1, -0.05) is 28.1 Å². The monoisotopic (exact) mass is 408 g/mol. The predicted molar refractivity (Wildman–Crippen MR) is 110 cm³/mol. The number of halogens is 1. The van der Waals surface area contributed by atoms with Crippen LogP contribution in [0.25, 0.3) is 16.5 Å². The molecule has 3 aromatic rings. The number of allylic oxidation sites excluding steroid dienone is 1. The van der Waals surface area contributed by atoms with Gasteiger partial charge in [0.1, 0.15) is 0 Å². The molecule has 0 atom stereocenters. The largest absolute Gasteiger partial charge is 0.284 e. The summed E-state index contributed by atoms with van der Waals surface area (Å²) in [5.74, 6) is 0. The normalized spacial score (nSPS) is 16.0. The average molecular weight is 409 g/mol. The van der Waals surface area contributed by atoms with Gasteiger partial charge < -0.3 is 0 Å². The number of hydrogen-bond acceptors (Lipinski definition) is 3. The minimum atomic E-state index is 0.899. The molecule has 0 aliphatic carbocycles. The van der Waals surface area contributed by atoms with Gasteiger partial charge in [0, 0.05) is 38.7 Å². The molecule has 0 saturated heterocycles. The Kier molecular flexibility index (Phi) is 4.90. The summed E-state index contributed by atoms with van der Waals surface area (Å²) in [5, 5.41) is 0. The first-order valence-electron chi connectivity index (χ1n) is 8.31. The molecule has 0 fully saturated rings. The lowest BCUT2D eigenvalue weighted by atomic mass is 9.96. The Morgan fingerprint density at radius 2 is 1.88 bits per heavy atom. The molecular formula is C21H17BrN2S. The molecule has 0 N–H and O–H groups in total. The standard InChI is InChI=1S/C21H17BrN2S/c22-18-7-5-15(6-8-18)20-10-9-19(25-20)13-16-3-2-12-24-21(16)17-4-1-11-23-14-17/h1,4-11,13-14H,2-3,12H2/b16-13+. The van der Waals surface area contributed by atoms with E-state index in [0.717, 1.165) is 35.1 Å². The number of thiophene rings is 1. The zero-order valence-corrected chi connectivity index (χ0v) is 16.1. The molecule has 0 amide bonds. The van der Waals surface area contributed by atoms with Gasteiger partial charge in [0.15, 0.2) is 0 Å². The Morgan fingerprint density at radius 3 is 2.68 bits per heavy atom. The third-order valence-corrected chi connectivity index (χ3v) is 5.80. The van der Waals surface area contributed by atoms with Gasteiger partial charge in [0.25, 0.3) is 0 Å². The molecule has 4 rings (SSSR count). The molecule has 3 heterocycles. The fraction of sp³-hybridized carbons (Fsp3) is 0.143. The second-order valence-corrected chi connectivity index (χ2v) is 7.99. The summed E-state index contributed by atoms with van der Waals surface area (Å²) in [6, 6.07) is 16.9. The Morgan fingerprint density at radius 1 is 1.00 bits per heavy atom. The first-order chi connectivity index (χ1) is 12.3. The topological polar surface area (TPSA) is 25.2 Å². The summed E-state index contributed by atoms with van der Waals surface area (Å²) in [7, 11) is 0. The summed E-state index contributed by atoms with van der Waals surface area (Å²) in [5.41, 5.74) is 4.77. The second-order valence-electron chi connectivity index (χ2n) is 5.95. The number of nitrogens with zero attached hydrogens (tertiary/aromatic N) is 2. The van der Waals surface area contributed by atoms with Crippen LogP contribution >= 0.6 is 27.3 Å². The van der Waals surface area contributed by atoms with Crippen LogP contribution in [0.3, 0.4) is 0 Å². The van der Waals surface area contributed by atoms with Crippen molar-refractivity contribution in [2.24, 2.45) is 4.99 Å². The van der Waals surface area contributed by atoms with Crippen LogP contribution in [0.4, 0.5) is 0 Å². The molecule has 2 nitrogen and oxygen atoms in total. The van der Waals surface area contributed by atoms with Crippen LogP contribution in [-0.2, 0) is 0 Å². The highest BCUT2D eigenvalue weighted by molar-refractivity contribution is 9.10. The van der Waals surface area contributed by atoms with E-state index in [1.165, 1.54) is 20.9 Å². The molecule has 0 radical (unpaired) electrons. The highest BCUT2D eigenvalue weighted by Gasteiger charge is 2.14. The van der Waals surface area contributed by atoms with E-state index in [1.54, 1.807) is 6.20 Å². The predicted octanol–water partition coefficient (Wildman–Crippen LogP) is 6.24. The van der Waals surface area contributed by atoms with Crippen molar-refractivity contribution in [1.82, 2.24) is 4.98 Å². The van der Waals surface area contributed by atoms with Crippen molar-refractivity contribution < 1.29 is 0 Å². The van der Waals surface area contributed by atoms with Crippen LogP contribution in [0.5, 0.6) is 0 Å². The smallest absolute Gasteiger partial charge is 0.0694 e. The van der Waals surface area contributed by atoms with Crippen molar-refractivity contribution in [3.05, 3.63) is 81.4 Å². The van der Waals surface area contributed by atoms with Gasteiger partial charge >= 0.3 is 0 Å². The van der Waals surface area contributed by atoms with E-state index < -0.39 is 0 Å². The van der Waals surface area contributed by atoms with Gasteiger partial charge in [0.2, 0.25) is 0 Å². The Balaban J connectivity index is 1.65. The van der Waals surface area contributed by atoms with Crippen LogP contribution in [0.15, 0.2) is 76.0 Å². The van der Waals surface area contributed by atoms with Crippen molar-refractivity contribution in [1.29, 1.82) is 0 Å². The van der Waals surface area contributed by atoms with E-state index in [4.69, 9.17) is 4.99 Å². The zero-order valence-electron chi connectivity index (χ0n) is 13.7. The molecule has 0 unspecified atom stereocenters. The molecule has 124 valence electrons. The number of pyridine rings is 1. The van der Waals surface area contributed by atoms with Crippen molar-refractivity contribution in [2.45, 2.75) is 12.8 Å². The summed E-state index contributed by atoms with van der Waals surface area (Å²) in [4.78, 5) is 11.6.